The number of hydrogen-bond donors (Lipinski definition) is 1. The van der Waals surface area contributed by atoms with Crippen molar-refractivity contribution in [3.63, 3.8) is 0 Å². The molecule has 1 atom stereocenters. The van der Waals surface area contributed by atoms with E-state index in [1.165, 1.54) is 4.31 Å². The van der Waals surface area contributed by atoms with Crippen molar-refractivity contribution in [2.45, 2.75) is 24.3 Å². The number of fused-ring (bicyclic) bond motifs is 1. The number of rotatable bonds is 6. The Balaban J connectivity index is 1.46. The largest absolute Gasteiger partial charge is 0.496 e. The second-order valence-corrected chi connectivity index (χ2v) is 9.82. The Morgan fingerprint density at radius 2 is 2.00 bits per heavy atom. The zero-order chi connectivity index (χ0) is 22.0. The highest BCUT2D eigenvalue weighted by molar-refractivity contribution is 7.89. The third-order valence-electron chi connectivity index (χ3n) is 5.89. The fraction of sp³-hybridized carbons (Fsp3) is 0.348. The monoisotopic (exact) mass is 441 g/mol. The Morgan fingerprint density at radius 1 is 1.19 bits per heavy atom. The molecule has 0 spiro atoms. The lowest BCUT2D eigenvalue weighted by Gasteiger charge is -2.31. The zero-order valence-electron chi connectivity index (χ0n) is 17.7. The predicted molar refractivity (Wildman–Crippen MR) is 119 cm³/mol. The van der Waals surface area contributed by atoms with Gasteiger partial charge in [-0.15, -0.1) is 0 Å². The summed E-state index contributed by atoms with van der Waals surface area (Å²) in [7, 11) is -0.144. The summed E-state index contributed by atoms with van der Waals surface area (Å²) in [6.45, 7) is 0.954. The molecular formula is C23H27N3O4S. The molecule has 1 aliphatic rings. The number of nitrogens with one attached hydrogen (secondary N) is 1. The zero-order valence-corrected chi connectivity index (χ0v) is 18.6. The number of nitrogens with zero attached hydrogens (tertiary/aromatic N) is 2. The molecular weight excluding hydrogens is 414 g/mol. The number of benzene rings is 2. The fourth-order valence-corrected chi connectivity index (χ4v) is 5.68. The van der Waals surface area contributed by atoms with E-state index < -0.39 is 10.0 Å². The van der Waals surface area contributed by atoms with Gasteiger partial charge in [-0.3, -0.25) is 4.79 Å². The summed E-state index contributed by atoms with van der Waals surface area (Å²) in [5.74, 6) is 0.204. The van der Waals surface area contributed by atoms with Crippen molar-refractivity contribution in [1.29, 1.82) is 0 Å². The molecule has 0 aliphatic carbocycles. The topological polar surface area (TPSA) is 80.6 Å². The van der Waals surface area contributed by atoms with Gasteiger partial charge in [0.25, 0.3) is 0 Å². The molecule has 31 heavy (non-hydrogen) atoms. The number of aromatic nitrogens is 1. The number of aryl methyl sites for hydroxylation is 1. The average molecular weight is 442 g/mol. The normalized spacial score (nSPS) is 17.5. The molecule has 1 fully saturated rings. The molecule has 8 heteroatoms. The fourth-order valence-electron chi connectivity index (χ4n) is 4.12. The molecule has 7 nitrogen and oxygen atoms in total. The highest BCUT2D eigenvalue weighted by atomic mass is 32.2. The lowest BCUT2D eigenvalue weighted by molar-refractivity contribution is -0.126. The van der Waals surface area contributed by atoms with Crippen LogP contribution in [0.5, 0.6) is 5.75 Å². The molecule has 1 saturated heterocycles. The maximum Gasteiger partial charge on any atom is 0.243 e. The van der Waals surface area contributed by atoms with Crippen molar-refractivity contribution in [2.75, 3.05) is 20.2 Å². The molecule has 2 heterocycles. The van der Waals surface area contributed by atoms with Gasteiger partial charge in [-0.2, -0.15) is 4.31 Å². The van der Waals surface area contributed by atoms with Crippen LogP contribution in [-0.2, 0) is 28.4 Å². The van der Waals surface area contributed by atoms with E-state index in [9.17, 15) is 13.2 Å². The van der Waals surface area contributed by atoms with Crippen molar-refractivity contribution >= 4 is 26.8 Å². The van der Waals surface area contributed by atoms with Crippen molar-refractivity contribution in [3.05, 3.63) is 60.3 Å². The number of hydrogen-bond acceptors (Lipinski definition) is 4. The molecule has 0 unspecified atom stereocenters. The third-order valence-corrected chi connectivity index (χ3v) is 7.76. The average Bonchev–Trinajstić information content (AvgIpc) is 3.17. The first kappa shape index (κ1) is 21.4. The van der Waals surface area contributed by atoms with Crippen molar-refractivity contribution in [1.82, 2.24) is 14.2 Å². The molecule has 3 aromatic rings. The SMILES string of the molecule is COc1ccccc1CNC(=O)[C@H]1CCCN(S(=O)(=O)c2ccc3c(ccn3C)c2)C1. The first-order chi connectivity index (χ1) is 14.9. The number of piperidine rings is 1. The highest BCUT2D eigenvalue weighted by Gasteiger charge is 2.33. The first-order valence-electron chi connectivity index (χ1n) is 10.3. The van der Waals surface area contributed by atoms with Gasteiger partial charge in [-0.25, -0.2) is 8.42 Å². The van der Waals surface area contributed by atoms with E-state index in [1.807, 2.05) is 54.2 Å². The van der Waals surface area contributed by atoms with Gasteiger partial charge >= 0.3 is 0 Å². The number of amides is 1. The number of ether oxygens (including phenoxy) is 1. The predicted octanol–water partition coefficient (Wildman–Crippen LogP) is 2.90. The maximum absolute atomic E-state index is 13.2. The van der Waals surface area contributed by atoms with E-state index in [0.717, 1.165) is 16.5 Å². The summed E-state index contributed by atoms with van der Waals surface area (Å²) in [4.78, 5) is 13.0. The first-order valence-corrected chi connectivity index (χ1v) is 11.8. The second-order valence-electron chi connectivity index (χ2n) is 7.88. The van der Waals surface area contributed by atoms with E-state index in [4.69, 9.17) is 4.74 Å². The van der Waals surface area contributed by atoms with Crippen molar-refractivity contribution < 1.29 is 17.9 Å². The van der Waals surface area contributed by atoms with Gasteiger partial charge in [0.05, 0.1) is 17.9 Å². The van der Waals surface area contributed by atoms with Crippen LogP contribution in [0.3, 0.4) is 0 Å². The van der Waals surface area contributed by atoms with Gasteiger partial charge in [0, 0.05) is 49.3 Å². The molecule has 1 N–H and O–H groups in total. The summed E-state index contributed by atoms with van der Waals surface area (Å²) in [5.41, 5.74) is 1.86. The molecule has 1 amide bonds. The number of sulfonamides is 1. The van der Waals surface area contributed by atoms with E-state index in [2.05, 4.69) is 5.32 Å². The molecule has 4 rings (SSSR count). The number of carbonyl (C=O) groups excluding carboxylic acids is 1. The summed E-state index contributed by atoms with van der Waals surface area (Å²) in [6, 6.07) is 14.6. The van der Waals surface area contributed by atoms with Crippen LogP contribution >= 0.6 is 0 Å². The minimum Gasteiger partial charge on any atom is -0.496 e. The minimum absolute atomic E-state index is 0.135. The van der Waals surface area contributed by atoms with Crippen LogP contribution in [-0.4, -0.2) is 43.4 Å². The Bertz CT molecular complexity index is 1200. The molecule has 164 valence electrons. The summed E-state index contributed by atoms with van der Waals surface area (Å²) < 4.78 is 35.2. The van der Waals surface area contributed by atoms with Gasteiger partial charge in [0.2, 0.25) is 15.9 Å². The highest BCUT2D eigenvalue weighted by Crippen LogP contribution is 2.27. The van der Waals surface area contributed by atoms with Crippen LogP contribution in [0.15, 0.2) is 59.6 Å². The van der Waals surface area contributed by atoms with Gasteiger partial charge in [0.15, 0.2) is 0 Å². The minimum atomic E-state index is -3.66. The van der Waals surface area contributed by atoms with Crippen LogP contribution in [0, 0.1) is 5.92 Å². The quantitative estimate of drug-likeness (QED) is 0.638. The van der Waals surface area contributed by atoms with Crippen LogP contribution < -0.4 is 10.1 Å². The van der Waals surface area contributed by atoms with Crippen LogP contribution in [0.2, 0.25) is 0 Å². The van der Waals surface area contributed by atoms with Gasteiger partial charge in [-0.05, 0) is 43.2 Å². The lowest BCUT2D eigenvalue weighted by atomic mass is 9.98. The summed E-state index contributed by atoms with van der Waals surface area (Å²) in [5, 5.41) is 3.82. The van der Waals surface area contributed by atoms with E-state index >= 15 is 0 Å². The number of methoxy groups -OCH3 is 1. The summed E-state index contributed by atoms with van der Waals surface area (Å²) >= 11 is 0. The van der Waals surface area contributed by atoms with Gasteiger partial charge < -0.3 is 14.6 Å². The second kappa shape index (κ2) is 8.72. The number of para-hydroxylation sites is 1. The van der Waals surface area contributed by atoms with E-state index in [-0.39, 0.29) is 23.3 Å². The smallest absolute Gasteiger partial charge is 0.243 e. The van der Waals surface area contributed by atoms with Crippen LogP contribution in [0.25, 0.3) is 10.9 Å². The Labute approximate surface area is 182 Å². The van der Waals surface area contributed by atoms with Crippen molar-refractivity contribution in [3.8, 4) is 5.75 Å². The third kappa shape index (κ3) is 4.31. The van der Waals surface area contributed by atoms with Gasteiger partial charge in [0.1, 0.15) is 5.75 Å². The van der Waals surface area contributed by atoms with Crippen molar-refractivity contribution in [2.24, 2.45) is 13.0 Å². The molecule has 0 radical (unpaired) electrons. The van der Waals surface area contributed by atoms with E-state index in [0.29, 0.717) is 31.7 Å². The molecule has 1 aliphatic heterocycles. The molecule has 0 bridgehead atoms. The molecule has 0 saturated carbocycles. The maximum atomic E-state index is 13.2. The van der Waals surface area contributed by atoms with Gasteiger partial charge in [-0.1, -0.05) is 18.2 Å². The summed E-state index contributed by atoms with van der Waals surface area (Å²) in [6.07, 6.45) is 3.23. The number of carbonyl (C=O) groups is 1. The Kier molecular flexibility index (Phi) is 6.02. The standard InChI is InChI=1S/C23H27N3O4S/c1-25-13-11-17-14-20(9-10-21(17)25)31(28,29)26-12-5-7-19(16-26)23(27)24-15-18-6-3-4-8-22(18)30-2/h3-4,6,8-11,13-14,19H,5,7,12,15-16H2,1-2H3,(H,24,27)/t19-/m0/s1. The molecule has 1 aromatic heterocycles. The van der Waals surface area contributed by atoms with E-state index in [1.54, 1.807) is 19.2 Å². The Hall–Kier alpha value is -2.84. The van der Waals surface area contributed by atoms with Crippen LogP contribution in [0.4, 0.5) is 0 Å². The van der Waals surface area contributed by atoms with Crippen LogP contribution in [0.1, 0.15) is 18.4 Å². The lowest BCUT2D eigenvalue weighted by Crippen LogP contribution is -2.45. The molecule has 2 aromatic carbocycles. The Morgan fingerprint density at radius 3 is 2.81 bits per heavy atom.